The summed E-state index contributed by atoms with van der Waals surface area (Å²) in [6, 6.07) is 12.0. The van der Waals surface area contributed by atoms with E-state index < -0.39 is 27.3 Å². The van der Waals surface area contributed by atoms with Gasteiger partial charge in [0.15, 0.2) is 0 Å². The van der Waals surface area contributed by atoms with E-state index in [4.69, 9.17) is 31.0 Å². The summed E-state index contributed by atoms with van der Waals surface area (Å²) in [5.74, 6) is 0.220. The quantitative estimate of drug-likeness (QED) is 0.107. The molecule has 5 N–H and O–H groups in total. The van der Waals surface area contributed by atoms with Gasteiger partial charge in [-0.2, -0.15) is 0 Å². The largest absolute Gasteiger partial charge is 0.490 e. The van der Waals surface area contributed by atoms with Crippen molar-refractivity contribution in [2.75, 3.05) is 82.1 Å². The highest BCUT2D eigenvalue weighted by Crippen LogP contribution is 2.46. The second kappa shape index (κ2) is 23.8. The summed E-state index contributed by atoms with van der Waals surface area (Å²) in [6.07, 6.45) is 8.50. The number of halogens is 2. The Morgan fingerprint density at radius 3 is 2.46 bits per heavy atom. The van der Waals surface area contributed by atoms with Crippen molar-refractivity contribution in [2.24, 2.45) is 22.9 Å². The molecule has 3 heterocycles. The number of nitrogens with two attached hydrogens (primary N) is 1. The van der Waals surface area contributed by atoms with Gasteiger partial charge in [0.1, 0.15) is 11.0 Å². The molecule has 0 unspecified atom stereocenters. The Balaban J connectivity index is 0.000000241. The van der Waals surface area contributed by atoms with E-state index in [1.54, 1.807) is 30.4 Å². The number of aliphatic hydroxyl groups excluding tert-OH is 1. The van der Waals surface area contributed by atoms with Crippen LogP contribution in [0.25, 0.3) is 0 Å². The van der Waals surface area contributed by atoms with Crippen molar-refractivity contribution in [2.45, 2.75) is 75.2 Å². The van der Waals surface area contributed by atoms with Crippen molar-refractivity contribution in [3.05, 3.63) is 83.4 Å². The van der Waals surface area contributed by atoms with Crippen molar-refractivity contribution in [3.8, 4) is 5.75 Å². The van der Waals surface area contributed by atoms with E-state index in [1.165, 1.54) is 35.8 Å². The van der Waals surface area contributed by atoms with Gasteiger partial charge in [0.2, 0.25) is 10.0 Å². The van der Waals surface area contributed by atoms with Gasteiger partial charge in [0, 0.05) is 56.8 Å². The fraction of sp³-hybridized carbons (Fsp3) is 0.614. The Hall–Kier alpha value is -2.28. The third-order valence-corrected chi connectivity index (χ3v) is 13.8. The van der Waals surface area contributed by atoms with Crippen LogP contribution in [-0.4, -0.2) is 124 Å². The van der Waals surface area contributed by atoms with Crippen LogP contribution in [0.5, 0.6) is 5.75 Å². The highest BCUT2D eigenvalue weighted by Gasteiger charge is 2.44. The molecular formula is C44H66ClIN4O8S. The van der Waals surface area contributed by atoms with Crippen LogP contribution in [0.2, 0.25) is 5.02 Å². The lowest BCUT2D eigenvalue weighted by Gasteiger charge is -2.45. The molecule has 1 saturated carbocycles. The van der Waals surface area contributed by atoms with Crippen LogP contribution in [0.15, 0.2) is 61.7 Å². The molecule has 1 spiro atoms. The summed E-state index contributed by atoms with van der Waals surface area (Å²) in [6.45, 7) is 20.0. The van der Waals surface area contributed by atoms with Crippen LogP contribution in [0.1, 0.15) is 67.4 Å². The summed E-state index contributed by atoms with van der Waals surface area (Å²) in [7, 11) is -2.06. The molecule has 2 aromatic rings. The number of hydrogen-bond donors (Lipinski definition) is 4. The average molecular weight is 973 g/mol. The third kappa shape index (κ3) is 13.6. The SMILES string of the molecule is C1CN(C2COC2)CCN1.C=CC[C@H](C)[C@@H](COC)S(N)(=O)=O.C=C[C@H](O)[C@@H]1CC[C@H]1CN1C[C@@]2(CCCc3cc(Cl)ccc32)COc2ccc(C(=O)O)cc21.CCI. The minimum Gasteiger partial charge on any atom is -0.490 e. The van der Waals surface area contributed by atoms with Gasteiger partial charge in [-0.05, 0) is 102 Å². The number of aliphatic hydroxyl groups is 1. The number of carboxylic acid groups (broad SMARTS) is 1. The molecule has 2 aliphatic carbocycles. The van der Waals surface area contributed by atoms with E-state index in [0.29, 0.717) is 18.9 Å². The highest BCUT2D eigenvalue weighted by atomic mass is 127. The molecule has 2 saturated heterocycles. The predicted octanol–water partition coefficient (Wildman–Crippen LogP) is 6.32. The summed E-state index contributed by atoms with van der Waals surface area (Å²) in [5, 5.41) is 28.5. The Morgan fingerprint density at radius 2 is 1.90 bits per heavy atom. The number of nitrogens with one attached hydrogen (secondary N) is 1. The van der Waals surface area contributed by atoms with E-state index in [9.17, 15) is 23.4 Å². The molecule has 15 heteroatoms. The maximum atomic E-state index is 11.7. The van der Waals surface area contributed by atoms with Crippen LogP contribution < -0.4 is 20.1 Å². The smallest absolute Gasteiger partial charge is 0.335 e. The lowest BCUT2D eigenvalue weighted by Crippen LogP contribution is -2.55. The second-order valence-corrected chi connectivity index (χ2v) is 19.9. The van der Waals surface area contributed by atoms with Gasteiger partial charge < -0.3 is 34.6 Å². The van der Waals surface area contributed by atoms with E-state index in [-0.39, 0.29) is 29.4 Å². The van der Waals surface area contributed by atoms with E-state index in [1.807, 2.05) is 13.0 Å². The number of anilines is 1. The molecule has 0 radical (unpaired) electrons. The molecule has 12 nitrogen and oxygen atoms in total. The van der Waals surface area contributed by atoms with Crippen LogP contribution in [-0.2, 0) is 31.3 Å². The zero-order chi connectivity index (χ0) is 43.2. The Labute approximate surface area is 371 Å². The van der Waals surface area contributed by atoms with Gasteiger partial charge in [-0.15, -0.1) is 13.2 Å². The number of ether oxygens (including phenoxy) is 3. The first-order valence-corrected chi connectivity index (χ1v) is 24.3. The Bertz CT molecular complexity index is 1780. The van der Waals surface area contributed by atoms with Gasteiger partial charge >= 0.3 is 5.97 Å². The lowest BCUT2D eigenvalue weighted by atomic mass is 9.68. The molecule has 7 rings (SSSR count). The first-order chi connectivity index (χ1) is 28.2. The number of hydrogen-bond acceptors (Lipinski definition) is 10. The number of carbonyl (C=O) groups is 1. The number of primary sulfonamides is 1. The summed E-state index contributed by atoms with van der Waals surface area (Å²) >= 11 is 8.60. The number of alkyl halides is 1. The minimum absolute atomic E-state index is 0.0625. The maximum absolute atomic E-state index is 11.7. The van der Waals surface area contributed by atoms with Crippen molar-refractivity contribution in [1.82, 2.24) is 10.2 Å². The summed E-state index contributed by atoms with van der Waals surface area (Å²) < 4.78 is 39.7. The molecule has 3 aliphatic heterocycles. The molecule has 2 aromatic carbocycles. The number of fused-ring (bicyclic) bond motifs is 3. The van der Waals surface area contributed by atoms with Crippen molar-refractivity contribution in [1.29, 1.82) is 0 Å². The monoisotopic (exact) mass is 972 g/mol. The predicted molar refractivity (Wildman–Crippen MR) is 246 cm³/mol. The normalized spacial score (nSPS) is 24.1. The third-order valence-electron chi connectivity index (χ3n) is 12.1. The van der Waals surface area contributed by atoms with Gasteiger partial charge in [-0.25, -0.2) is 18.4 Å². The van der Waals surface area contributed by atoms with E-state index >= 15 is 0 Å². The molecule has 6 atom stereocenters. The van der Waals surface area contributed by atoms with Crippen molar-refractivity contribution >= 4 is 55.9 Å². The number of carboxylic acids is 1. The number of nitrogens with zero attached hydrogens (tertiary/aromatic N) is 2. The first kappa shape index (κ1) is 49.4. The Morgan fingerprint density at radius 1 is 1.19 bits per heavy atom. The van der Waals surface area contributed by atoms with Crippen LogP contribution in [0.3, 0.4) is 0 Å². The van der Waals surface area contributed by atoms with Crippen LogP contribution in [0, 0.1) is 17.8 Å². The molecule has 3 fully saturated rings. The fourth-order valence-electron chi connectivity index (χ4n) is 8.62. The summed E-state index contributed by atoms with van der Waals surface area (Å²) in [4.78, 5) is 16.5. The van der Waals surface area contributed by atoms with Gasteiger partial charge in [0.25, 0.3) is 0 Å². The standard InChI is InChI=1S/C27H30ClNO4.C8H17NO3S.C7H14N2O.C2H5I/c1-2-24(30)21-8-5-19(21)14-29-15-27(11-3-4-17-12-20(28)7-9-22(17)27)16-33-25-10-6-18(26(31)32)13-23(25)29;1-4-5-7(2)8(6-12-3)13(9,10)11;1-3-9(4-2-8-1)7-5-10-6-7;1-2-3/h2,6-7,9-10,12-13,19,21,24,30H,1,3-5,8,11,14-16H2,(H,31,32);4,7-8H,1,5-6H2,2-3H3,(H2,9,10,11);7-8H,1-6H2;2H2,1H3/t19-,21+,24-,27-;7-,8+;;/m00../s1. The van der Waals surface area contributed by atoms with Gasteiger partial charge in [0.05, 0.1) is 49.8 Å². The molecular weight excluding hydrogens is 907 g/mol. The van der Waals surface area contributed by atoms with Crippen LogP contribution in [0.4, 0.5) is 5.69 Å². The number of sulfonamides is 1. The average Bonchev–Trinajstić information content (AvgIpc) is 3.32. The number of aryl methyl sites for hydroxylation is 1. The zero-order valence-electron chi connectivity index (χ0n) is 35.0. The highest BCUT2D eigenvalue weighted by molar-refractivity contribution is 14.1. The summed E-state index contributed by atoms with van der Waals surface area (Å²) in [5.41, 5.74) is 3.44. The fourth-order valence-corrected chi connectivity index (χ4v) is 9.90. The molecule has 330 valence electrons. The van der Waals surface area contributed by atoms with Gasteiger partial charge in [-0.1, -0.05) is 66.3 Å². The number of aromatic carboxylic acids is 1. The number of methoxy groups -OCH3 is 1. The molecule has 59 heavy (non-hydrogen) atoms. The minimum atomic E-state index is -3.52. The molecule has 0 bridgehead atoms. The second-order valence-electron chi connectivity index (χ2n) is 16.1. The number of piperazine rings is 1. The zero-order valence-corrected chi connectivity index (χ0v) is 38.7. The number of allylic oxidation sites excluding steroid dienone is 1. The van der Waals surface area contributed by atoms with E-state index in [2.05, 4.69) is 69.9 Å². The topological polar surface area (TPSA) is 164 Å². The number of benzene rings is 2. The number of rotatable bonds is 12. The Kier molecular flexibility index (Phi) is 19.9. The van der Waals surface area contributed by atoms with Crippen molar-refractivity contribution < 1.29 is 37.6 Å². The lowest BCUT2D eigenvalue weighted by molar-refractivity contribution is -0.0677. The first-order valence-electron chi connectivity index (χ1n) is 20.8. The van der Waals surface area contributed by atoms with Crippen molar-refractivity contribution in [3.63, 3.8) is 0 Å². The van der Waals surface area contributed by atoms with Gasteiger partial charge in [-0.3, -0.25) is 4.90 Å². The molecule has 0 amide bonds. The van der Waals surface area contributed by atoms with Crippen LogP contribution >= 0.6 is 34.2 Å². The molecule has 0 aromatic heterocycles. The molecule has 5 aliphatic rings. The maximum Gasteiger partial charge on any atom is 0.335 e. The van der Waals surface area contributed by atoms with E-state index in [0.717, 1.165) is 94.0 Å².